The number of hydrogen-bond acceptors (Lipinski definition) is 6. The minimum Gasteiger partial charge on any atom is -0.431 e. The molecule has 6 heteroatoms. The molecule has 27 heavy (non-hydrogen) atoms. The molecule has 1 aliphatic heterocycles. The fourth-order valence-electron chi connectivity index (χ4n) is 3.46. The molecule has 0 bridgehead atoms. The fourth-order valence-corrected chi connectivity index (χ4v) is 4.24. The molecule has 1 saturated heterocycles. The molecule has 1 aromatic carbocycles. The highest BCUT2D eigenvalue weighted by Crippen LogP contribution is 2.30. The molecule has 1 aliphatic rings. The number of pyridine rings is 1. The van der Waals surface area contributed by atoms with Crippen LogP contribution in [0.4, 0.5) is 0 Å². The summed E-state index contributed by atoms with van der Waals surface area (Å²) in [5, 5.41) is 4.28. The summed E-state index contributed by atoms with van der Waals surface area (Å²) < 4.78 is 5.91. The van der Waals surface area contributed by atoms with E-state index in [9.17, 15) is 0 Å². The van der Waals surface area contributed by atoms with Gasteiger partial charge in [0.25, 0.3) is 5.19 Å². The third-order valence-electron chi connectivity index (χ3n) is 4.95. The van der Waals surface area contributed by atoms with E-state index < -0.39 is 0 Å². The van der Waals surface area contributed by atoms with Crippen LogP contribution in [0, 0.1) is 0 Å². The molecule has 0 amide bonds. The van der Waals surface area contributed by atoms with E-state index in [4.69, 9.17) is 4.74 Å². The fraction of sp³-hybridized carbons (Fsp3) is 0.429. The van der Waals surface area contributed by atoms with Gasteiger partial charge in [0.05, 0.1) is 0 Å². The van der Waals surface area contributed by atoms with Crippen LogP contribution in [-0.4, -0.2) is 40.5 Å². The van der Waals surface area contributed by atoms with Gasteiger partial charge < -0.3 is 10.1 Å². The summed E-state index contributed by atoms with van der Waals surface area (Å²) in [6, 6.07) is 12.9. The Kier molecular flexibility index (Phi) is 5.97. The first-order valence-corrected chi connectivity index (χ1v) is 10.6. The molecule has 3 aromatic rings. The second-order valence-electron chi connectivity index (χ2n) is 7.06. The van der Waals surface area contributed by atoms with Crippen LogP contribution in [0.25, 0.3) is 10.3 Å². The predicted octanol–water partition coefficient (Wildman–Crippen LogP) is 4.45. The number of nitrogens with one attached hydrogen (secondary N) is 1. The maximum Gasteiger partial charge on any atom is 0.281 e. The van der Waals surface area contributed by atoms with E-state index in [1.165, 1.54) is 49.3 Å². The summed E-state index contributed by atoms with van der Waals surface area (Å²) in [7, 11) is 0. The molecular weight excluding hydrogens is 356 g/mol. The highest BCUT2D eigenvalue weighted by atomic mass is 32.1. The first-order valence-electron chi connectivity index (χ1n) is 9.74. The minimum absolute atomic E-state index is 0.637. The summed E-state index contributed by atoms with van der Waals surface area (Å²) in [6.45, 7) is 6.70. The van der Waals surface area contributed by atoms with Crippen molar-refractivity contribution >= 4 is 21.7 Å². The number of piperidine rings is 1. The van der Waals surface area contributed by atoms with Crippen molar-refractivity contribution in [3.63, 3.8) is 0 Å². The van der Waals surface area contributed by atoms with Gasteiger partial charge in [-0.1, -0.05) is 30.4 Å². The molecule has 1 fully saturated rings. The molecular formula is C21H26N4OS. The number of fused-ring (bicyclic) bond motifs is 1. The summed E-state index contributed by atoms with van der Waals surface area (Å²) in [4.78, 5) is 12.2. The van der Waals surface area contributed by atoms with Gasteiger partial charge in [0.2, 0.25) is 0 Å². The molecule has 0 saturated carbocycles. The van der Waals surface area contributed by atoms with Gasteiger partial charge in [0.15, 0.2) is 0 Å². The van der Waals surface area contributed by atoms with Gasteiger partial charge in [-0.15, -0.1) is 0 Å². The van der Waals surface area contributed by atoms with Crippen LogP contribution in [0.2, 0.25) is 0 Å². The Morgan fingerprint density at radius 3 is 2.74 bits per heavy atom. The topological polar surface area (TPSA) is 50.3 Å². The molecule has 0 radical (unpaired) electrons. The zero-order valence-electron chi connectivity index (χ0n) is 15.7. The van der Waals surface area contributed by atoms with Gasteiger partial charge in [-0.25, -0.2) is 9.97 Å². The van der Waals surface area contributed by atoms with E-state index >= 15 is 0 Å². The second-order valence-corrected chi connectivity index (χ2v) is 8.00. The molecule has 2 aromatic heterocycles. The van der Waals surface area contributed by atoms with E-state index in [1.54, 1.807) is 6.20 Å². The molecule has 4 rings (SSSR count). The average Bonchev–Trinajstić information content (AvgIpc) is 3.11. The van der Waals surface area contributed by atoms with E-state index in [0.29, 0.717) is 11.2 Å². The normalized spacial score (nSPS) is 16.0. The Balaban J connectivity index is 1.30. The van der Waals surface area contributed by atoms with Crippen molar-refractivity contribution in [1.82, 2.24) is 20.2 Å². The molecule has 5 nitrogen and oxygen atoms in total. The third-order valence-corrected chi connectivity index (χ3v) is 5.81. The number of nitrogens with zero attached hydrogens (tertiary/aromatic N) is 3. The Hall–Kier alpha value is -2.02. The number of rotatable bonds is 7. The number of thiazole rings is 1. The molecule has 0 atom stereocenters. The summed E-state index contributed by atoms with van der Waals surface area (Å²) in [6.07, 6.45) is 5.48. The van der Waals surface area contributed by atoms with Crippen LogP contribution in [0.15, 0.2) is 42.6 Å². The van der Waals surface area contributed by atoms with Gasteiger partial charge in [-0.3, -0.25) is 4.90 Å². The van der Waals surface area contributed by atoms with Crippen LogP contribution in [-0.2, 0) is 6.54 Å². The quantitative estimate of drug-likeness (QED) is 0.654. The largest absolute Gasteiger partial charge is 0.431 e. The number of ether oxygens (including phenoxy) is 1. The lowest BCUT2D eigenvalue weighted by atomic mass is 10.0. The lowest BCUT2D eigenvalue weighted by Crippen LogP contribution is -2.42. The Labute approximate surface area is 164 Å². The van der Waals surface area contributed by atoms with Crippen LogP contribution in [0.5, 0.6) is 10.9 Å². The monoisotopic (exact) mass is 382 g/mol. The van der Waals surface area contributed by atoms with Gasteiger partial charge in [-0.2, -0.15) is 0 Å². The van der Waals surface area contributed by atoms with Gasteiger partial charge in [-0.05, 0) is 68.7 Å². The number of benzene rings is 1. The molecule has 0 aliphatic carbocycles. The summed E-state index contributed by atoms with van der Waals surface area (Å²) in [5.41, 5.74) is 2.21. The maximum atomic E-state index is 5.91. The number of aromatic nitrogens is 2. The van der Waals surface area contributed by atoms with E-state index in [2.05, 4.69) is 39.2 Å². The number of likely N-dealkylation sites (tertiary alicyclic amines) is 1. The van der Waals surface area contributed by atoms with Crippen molar-refractivity contribution in [1.29, 1.82) is 0 Å². The molecule has 0 unspecified atom stereocenters. The molecule has 3 heterocycles. The highest BCUT2D eigenvalue weighted by molar-refractivity contribution is 7.19. The van der Waals surface area contributed by atoms with Crippen molar-refractivity contribution in [2.45, 2.75) is 38.8 Å². The highest BCUT2D eigenvalue weighted by Gasteiger charge is 2.18. The van der Waals surface area contributed by atoms with Gasteiger partial charge in [0.1, 0.15) is 16.1 Å². The van der Waals surface area contributed by atoms with Crippen molar-refractivity contribution < 1.29 is 4.74 Å². The van der Waals surface area contributed by atoms with E-state index in [1.807, 2.05) is 24.3 Å². The minimum atomic E-state index is 0.637. The van der Waals surface area contributed by atoms with Crippen molar-refractivity contribution in [3.8, 4) is 10.9 Å². The average molecular weight is 383 g/mol. The third kappa shape index (κ3) is 4.83. The van der Waals surface area contributed by atoms with Crippen LogP contribution in [0.1, 0.15) is 31.7 Å². The zero-order chi connectivity index (χ0) is 18.5. The lowest BCUT2D eigenvalue weighted by Gasteiger charge is -2.32. The first kappa shape index (κ1) is 18.3. The summed E-state index contributed by atoms with van der Waals surface area (Å²) in [5.74, 6) is 0.820. The summed E-state index contributed by atoms with van der Waals surface area (Å²) >= 11 is 1.47. The maximum absolute atomic E-state index is 5.91. The number of hydrogen-bond donors (Lipinski definition) is 1. The van der Waals surface area contributed by atoms with E-state index in [0.717, 1.165) is 29.2 Å². The lowest BCUT2D eigenvalue weighted by molar-refractivity contribution is 0.191. The Bertz CT molecular complexity index is 823. The molecule has 142 valence electrons. The molecule has 1 N–H and O–H groups in total. The predicted molar refractivity (Wildman–Crippen MR) is 111 cm³/mol. The van der Waals surface area contributed by atoms with Crippen molar-refractivity contribution in [2.24, 2.45) is 0 Å². The Morgan fingerprint density at radius 2 is 2.00 bits per heavy atom. The first-order chi connectivity index (χ1) is 13.3. The van der Waals surface area contributed by atoms with Crippen molar-refractivity contribution in [3.05, 3.63) is 48.2 Å². The zero-order valence-corrected chi connectivity index (χ0v) is 16.5. The second kappa shape index (κ2) is 8.78. The van der Waals surface area contributed by atoms with Crippen LogP contribution in [0.3, 0.4) is 0 Å². The van der Waals surface area contributed by atoms with Gasteiger partial charge in [0, 0.05) is 18.8 Å². The molecule has 0 spiro atoms. The van der Waals surface area contributed by atoms with E-state index in [-0.39, 0.29) is 0 Å². The Morgan fingerprint density at radius 1 is 1.19 bits per heavy atom. The standard InChI is InChI=1S/C21H26N4OS/c1-2-11-22-17-9-13-25(14-10-17)15-16-5-7-18(8-6-16)26-21-24-19-4-3-12-23-20(19)27-21/h3-8,12,17,22H,2,9-11,13-15H2,1H3. The van der Waals surface area contributed by atoms with Gasteiger partial charge >= 0.3 is 0 Å². The smallest absolute Gasteiger partial charge is 0.281 e. The van der Waals surface area contributed by atoms with Crippen LogP contribution < -0.4 is 10.1 Å². The SMILES string of the molecule is CCCNC1CCN(Cc2ccc(Oc3nc4cccnc4s3)cc2)CC1. The van der Waals surface area contributed by atoms with Crippen LogP contribution >= 0.6 is 11.3 Å². The van der Waals surface area contributed by atoms with Crippen molar-refractivity contribution in [2.75, 3.05) is 19.6 Å².